The van der Waals surface area contributed by atoms with Gasteiger partial charge in [0.15, 0.2) is 0 Å². The summed E-state index contributed by atoms with van der Waals surface area (Å²) in [4.78, 5) is 12.3. The van der Waals surface area contributed by atoms with Crippen molar-refractivity contribution in [2.75, 3.05) is 19.6 Å². The number of carbonyl (C=O) groups excluding carboxylic acids is 1. The van der Waals surface area contributed by atoms with Crippen LogP contribution in [0.5, 0.6) is 0 Å². The second kappa shape index (κ2) is 8.80. The topological polar surface area (TPSA) is 92.5 Å². The summed E-state index contributed by atoms with van der Waals surface area (Å²) < 4.78 is 26.4. The van der Waals surface area contributed by atoms with Crippen molar-refractivity contribution >= 4 is 28.3 Å². The van der Waals surface area contributed by atoms with Crippen LogP contribution in [0.15, 0.2) is 29.2 Å². The zero-order valence-electron chi connectivity index (χ0n) is 14.1. The van der Waals surface area contributed by atoms with E-state index in [1.807, 2.05) is 0 Å². The van der Waals surface area contributed by atoms with Crippen LogP contribution in [0, 0.1) is 5.92 Å². The van der Waals surface area contributed by atoms with Crippen LogP contribution in [0.4, 0.5) is 0 Å². The Hall–Kier alpha value is -1.15. The van der Waals surface area contributed by atoms with Crippen LogP contribution in [0.2, 0.25) is 0 Å². The van der Waals surface area contributed by atoms with Gasteiger partial charge in [-0.1, -0.05) is 19.9 Å². The number of nitrogens with zero attached hydrogens (tertiary/aromatic N) is 1. The number of nitrogens with one attached hydrogen (secondary N) is 1. The summed E-state index contributed by atoms with van der Waals surface area (Å²) in [5, 5.41) is 2.78. The summed E-state index contributed by atoms with van der Waals surface area (Å²) >= 11 is 0. The van der Waals surface area contributed by atoms with E-state index < -0.39 is 10.0 Å². The highest BCUT2D eigenvalue weighted by molar-refractivity contribution is 7.89. The molecule has 6 nitrogen and oxygen atoms in total. The first kappa shape index (κ1) is 20.9. The third kappa shape index (κ3) is 4.92. The number of halogens is 1. The van der Waals surface area contributed by atoms with E-state index in [9.17, 15) is 13.2 Å². The Morgan fingerprint density at radius 1 is 1.33 bits per heavy atom. The molecule has 0 saturated heterocycles. The van der Waals surface area contributed by atoms with Crippen molar-refractivity contribution in [1.82, 2.24) is 9.62 Å². The number of carbonyl (C=O) groups is 1. The van der Waals surface area contributed by atoms with Gasteiger partial charge in [0.25, 0.3) is 5.91 Å². The van der Waals surface area contributed by atoms with Crippen molar-refractivity contribution in [3.63, 3.8) is 0 Å². The van der Waals surface area contributed by atoms with Gasteiger partial charge in [-0.15, -0.1) is 12.4 Å². The summed E-state index contributed by atoms with van der Waals surface area (Å²) in [6.45, 7) is 4.78. The molecule has 0 heterocycles. The molecule has 1 unspecified atom stereocenters. The lowest BCUT2D eigenvalue weighted by atomic mass is 10.2. The van der Waals surface area contributed by atoms with Crippen LogP contribution < -0.4 is 11.1 Å². The largest absolute Gasteiger partial charge is 0.350 e. The molecular formula is C16H26ClN3O3S. The van der Waals surface area contributed by atoms with Crippen molar-refractivity contribution in [2.24, 2.45) is 11.7 Å². The highest BCUT2D eigenvalue weighted by Gasteiger charge is 2.28. The minimum atomic E-state index is -3.56. The molecule has 0 aliphatic heterocycles. The van der Waals surface area contributed by atoms with Gasteiger partial charge < -0.3 is 11.1 Å². The minimum absolute atomic E-state index is 0. The second-order valence-corrected chi connectivity index (χ2v) is 7.77. The van der Waals surface area contributed by atoms with Crippen LogP contribution in [0.3, 0.4) is 0 Å². The zero-order chi connectivity index (χ0) is 17.0. The summed E-state index contributed by atoms with van der Waals surface area (Å²) in [6.07, 6.45) is 2.24. The third-order valence-corrected chi connectivity index (χ3v) is 6.21. The molecule has 136 valence electrons. The van der Waals surface area contributed by atoms with Gasteiger partial charge in [-0.2, -0.15) is 4.31 Å². The molecule has 1 atom stereocenters. The maximum absolute atomic E-state index is 12.5. The van der Waals surface area contributed by atoms with Crippen LogP contribution >= 0.6 is 12.4 Å². The van der Waals surface area contributed by atoms with E-state index in [2.05, 4.69) is 5.32 Å². The number of hydrogen-bond donors (Lipinski definition) is 2. The van der Waals surface area contributed by atoms with E-state index in [0.29, 0.717) is 31.1 Å². The van der Waals surface area contributed by atoms with E-state index in [1.165, 1.54) is 16.4 Å². The van der Waals surface area contributed by atoms with Gasteiger partial charge in [0.1, 0.15) is 0 Å². The van der Waals surface area contributed by atoms with Gasteiger partial charge in [-0.05, 0) is 37.0 Å². The molecular weight excluding hydrogens is 350 g/mol. The quantitative estimate of drug-likeness (QED) is 0.721. The molecule has 1 fully saturated rings. The number of benzene rings is 1. The summed E-state index contributed by atoms with van der Waals surface area (Å²) in [6, 6.07) is 6.11. The average molecular weight is 376 g/mol. The number of sulfonamides is 1. The molecule has 24 heavy (non-hydrogen) atoms. The second-order valence-electron chi connectivity index (χ2n) is 5.83. The van der Waals surface area contributed by atoms with Gasteiger partial charge >= 0.3 is 0 Å². The van der Waals surface area contributed by atoms with Crippen molar-refractivity contribution < 1.29 is 13.2 Å². The van der Waals surface area contributed by atoms with Crippen molar-refractivity contribution in [3.05, 3.63) is 29.8 Å². The molecule has 1 aliphatic carbocycles. The van der Waals surface area contributed by atoms with Gasteiger partial charge in [0.2, 0.25) is 10.0 Å². The maximum Gasteiger partial charge on any atom is 0.251 e. The number of hydrogen-bond acceptors (Lipinski definition) is 4. The molecule has 1 aliphatic rings. The molecule has 8 heteroatoms. The van der Waals surface area contributed by atoms with Crippen LogP contribution in [-0.4, -0.2) is 44.3 Å². The molecule has 1 aromatic rings. The Kier molecular flexibility index (Phi) is 7.66. The molecule has 2 rings (SSSR count). The van der Waals surface area contributed by atoms with Gasteiger partial charge in [0, 0.05) is 31.2 Å². The fraction of sp³-hybridized carbons (Fsp3) is 0.562. The Balaban J connectivity index is 0.00000288. The lowest BCUT2D eigenvalue weighted by Crippen LogP contribution is -2.38. The van der Waals surface area contributed by atoms with Gasteiger partial charge in [-0.3, -0.25) is 4.79 Å². The van der Waals surface area contributed by atoms with E-state index in [1.54, 1.807) is 26.0 Å². The first-order valence-corrected chi connectivity index (χ1v) is 9.48. The molecule has 0 radical (unpaired) electrons. The highest BCUT2D eigenvalue weighted by atomic mass is 35.5. The number of nitrogens with two attached hydrogens (primary N) is 1. The Bertz CT molecular complexity index is 658. The van der Waals surface area contributed by atoms with Crippen molar-refractivity contribution in [1.29, 1.82) is 0 Å². The molecule has 1 saturated carbocycles. The molecule has 3 N–H and O–H groups in total. The first-order chi connectivity index (χ1) is 10.9. The monoisotopic (exact) mass is 375 g/mol. The number of amides is 1. The average Bonchev–Trinajstić information content (AvgIpc) is 3.38. The fourth-order valence-electron chi connectivity index (χ4n) is 2.51. The normalized spacial score (nSPS) is 15.7. The Morgan fingerprint density at radius 3 is 2.50 bits per heavy atom. The van der Waals surface area contributed by atoms with Crippen molar-refractivity contribution in [3.8, 4) is 0 Å². The molecule has 1 aromatic carbocycles. The van der Waals surface area contributed by atoms with E-state index >= 15 is 0 Å². The van der Waals surface area contributed by atoms with Gasteiger partial charge in [0.05, 0.1) is 4.90 Å². The highest BCUT2D eigenvalue weighted by Crippen LogP contribution is 2.31. The predicted octanol–water partition coefficient (Wildman–Crippen LogP) is 1.61. The lowest BCUT2D eigenvalue weighted by molar-refractivity contribution is 0.0950. The van der Waals surface area contributed by atoms with E-state index in [0.717, 1.165) is 12.8 Å². The Morgan fingerprint density at radius 2 is 1.96 bits per heavy atom. The molecule has 0 spiro atoms. The SMILES string of the molecule is CCN(CC)S(=O)(=O)c1cccc(C(=O)NCC(N)C2CC2)c1.Cl. The van der Waals surface area contributed by atoms with Crippen LogP contribution in [-0.2, 0) is 10.0 Å². The lowest BCUT2D eigenvalue weighted by Gasteiger charge is -2.18. The summed E-state index contributed by atoms with van der Waals surface area (Å²) in [5.74, 6) is 0.211. The summed E-state index contributed by atoms with van der Waals surface area (Å²) in [7, 11) is -3.56. The first-order valence-electron chi connectivity index (χ1n) is 8.04. The predicted molar refractivity (Wildman–Crippen MR) is 96.8 cm³/mol. The van der Waals surface area contributed by atoms with E-state index in [4.69, 9.17) is 5.73 Å². The van der Waals surface area contributed by atoms with Crippen molar-refractivity contribution in [2.45, 2.75) is 37.6 Å². The molecule has 1 amide bonds. The van der Waals surface area contributed by atoms with E-state index in [-0.39, 0.29) is 29.3 Å². The van der Waals surface area contributed by atoms with Crippen LogP contribution in [0.1, 0.15) is 37.0 Å². The maximum atomic E-state index is 12.5. The summed E-state index contributed by atoms with van der Waals surface area (Å²) in [5.41, 5.74) is 6.30. The van der Waals surface area contributed by atoms with Gasteiger partial charge in [-0.25, -0.2) is 8.42 Å². The molecule has 0 bridgehead atoms. The Labute approximate surface area is 150 Å². The fourth-order valence-corrected chi connectivity index (χ4v) is 4.02. The smallest absolute Gasteiger partial charge is 0.251 e. The van der Waals surface area contributed by atoms with Crippen LogP contribution in [0.25, 0.3) is 0 Å². The third-order valence-electron chi connectivity index (χ3n) is 4.17. The number of rotatable bonds is 8. The zero-order valence-corrected chi connectivity index (χ0v) is 15.7. The minimum Gasteiger partial charge on any atom is -0.350 e. The standard InChI is InChI=1S/C16H25N3O3S.ClH/c1-3-19(4-2)23(21,22)14-7-5-6-13(10-14)16(20)18-11-15(17)12-8-9-12;/h5-7,10,12,15H,3-4,8-9,11,17H2,1-2H3,(H,18,20);1H. The molecule has 0 aromatic heterocycles.